The molecule has 2 aromatic carbocycles. The zero-order valence-electron chi connectivity index (χ0n) is 14.3. The Labute approximate surface area is 162 Å². The Morgan fingerprint density at radius 3 is 2.67 bits per heavy atom. The molecule has 0 aliphatic carbocycles. The normalized spacial score (nSPS) is 10.4. The molecule has 3 aromatic rings. The molecule has 0 radical (unpaired) electrons. The van der Waals surface area contributed by atoms with Crippen molar-refractivity contribution in [3.8, 4) is 5.75 Å². The highest BCUT2D eigenvalue weighted by Crippen LogP contribution is 2.29. The van der Waals surface area contributed by atoms with E-state index >= 15 is 0 Å². The van der Waals surface area contributed by atoms with E-state index < -0.39 is 10.8 Å². The minimum atomic E-state index is -0.513. The number of nitro benzene ring substituents is 1. The third-order valence-electron chi connectivity index (χ3n) is 3.56. The number of anilines is 1. The molecule has 3 rings (SSSR count). The molecule has 0 bridgehead atoms. The Hall–Kier alpha value is -2.98. The first-order valence-corrected chi connectivity index (χ1v) is 9.27. The van der Waals surface area contributed by atoms with Crippen LogP contribution in [0.5, 0.6) is 5.75 Å². The van der Waals surface area contributed by atoms with Crippen LogP contribution in [0.15, 0.2) is 52.5 Å². The molecule has 8 nitrogen and oxygen atoms in total. The van der Waals surface area contributed by atoms with Gasteiger partial charge in [-0.2, -0.15) is 9.36 Å². The molecule has 27 heavy (non-hydrogen) atoms. The Bertz CT molecular complexity index is 989. The van der Waals surface area contributed by atoms with Gasteiger partial charge in [0.2, 0.25) is 10.3 Å². The fraction of sp³-hybridized carbons (Fsp3) is 0.118. The second kappa shape index (κ2) is 8.14. The van der Waals surface area contributed by atoms with Crippen molar-refractivity contribution < 1.29 is 14.5 Å². The Balaban J connectivity index is 1.69. The van der Waals surface area contributed by atoms with Crippen molar-refractivity contribution in [1.82, 2.24) is 9.36 Å². The Morgan fingerprint density at radius 1 is 1.26 bits per heavy atom. The second-order valence-electron chi connectivity index (χ2n) is 5.37. The monoisotopic (exact) mass is 402 g/mol. The lowest BCUT2D eigenvalue weighted by atomic mass is 10.1. The van der Waals surface area contributed by atoms with Crippen molar-refractivity contribution in [2.24, 2.45) is 0 Å². The number of ether oxygens (including phenoxy) is 1. The first kappa shape index (κ1) is 18.8. The molecule has 0 spiro atoms. The summed E-state index contributed by atoms with van der Waals surface area (Å²) in [7, 11) is 1.60. The molecule has 0 saturated heterocycles. The zero-order chi connectivity index (χ0) is 19.4. The van der Waals surface area contributed by atoms with Crippen LogP contribution in [0.25, 0.3) is 0 Å². The third-order valence-corrected chi connectivity index (χ3v) is 5.18. The average molecular weight is 402 g/mol. The van der Waals surface area contributed by atoms with E-state index in [1.807, 2.05) is 24.3 Å². The Morgan fingerprint density at radius 2 is 2.00 bits per heavy atom. The van der Waals surface area contributed by atoms with Crippen LogP contribution in [0.3, 0.4) is 0 Å². The van der Waals surface area contributed by atoms with Crippen molar-refractivity contribution in [2.75, 3.05) is 12.4 Å². The molecular weight excluding hydrogens is 388 g/mol. The number of aromatic nitrogens is 2. The molecule has 10 heteroatoms. The number of nitrogens with one attached hydrogen (secondary N) is 1. The van der Waals surface area contributed by atoms with Gasteiger partial charge in [-0.05, 0) is 49.0 Å². The summed E-state index contributed by atoms with van der Waals surface area (Å²) in [6.07, 6.45) is 0. The number of rotatable bonds is 6. The number of carbonyl (C=O) groups excluding carboxylic acids is 1. The molecule has 0 saturated carbocycles. The number of amides is 1. The van der Waals surface area contributed by atoms with Gasteiger partial charge in [-0.15, -0.1) is 0 Å². The van der Waals surface area contributed by atoms with Gasteiger partial charge in [0.05, 0.1) is 12.0 Å². The first-order valence-electron chi connectivity index (χ1n) is 7.68. The summed E-state index contributed by atoms with van der Waals surface area (Å²) in [5.41, 5.74) is 0.577. The summed E-state index contributed by atoms with van der Waals surface area (Å²) < 4.78 is 9.31. The minimum absolute atomic E-state index is 0.101. The van der Waals surface area contributed by atoms with Gasteiger partial charge in [0.25, 0.3) is 11.6 Å². The van der Waals surface area contributed by atoms with Crippen LogP contribution in [0.4, 0.5) is 10.8 Å². The number of hydrogen-bond acceptors (Lipinski definition) is 8. The fourth-order valence-electron chi connectivity index (χ4n) is 2.17. The van der Waals surface area contributed by atoms with Gasteiger partial charge in [-0.1, -0.05) is 6.07 Å². The number of benzene rings is 2. The van der Waals surface area contributed by atoms with Crippen LogP contribution in [-0.2, 0) is 0 Å². The summed E-state index contributed by atoms with van der Waals surface area (Å²) in [4.78, 5) is 28.0. The van der Waals surface area contributed by atoms with Gasteiger partial charge in [0.15, 0.2) is 0 Å². The van der Waals surface area contributed by atoms with E-state index in [0.717, 1.165) is 22.2 Å². The van der Waals surface area contributed by atoms with Gasteiger partial charge < -0.3 is 4.74 Å². The maximum absolute atomic E-state index is 12.3. The van der Waals surface area contributed by atoms with E-state index in [1.165, 1.54) is 30.0 Å². The zero-order valence-corrected chi connectivity index (χ0v) is 16.0. The van der Waals surface area contributed by atoms with Gasteiger partial charge in [0, 0.05) is 33.6 Å². The van der Waals surface area contributed by atoms with E-state index in [4.69, 9.17) is 4.74 Å². The smallest absolute Gasteiger partial charge is 0.273 e. The topological polar surface area (TPSA) is 107 Å². The van der Waals surface area contributed by atoms with Gasteiger partial charge in [0.1, 0.15) is 5.75 Å². The van der Waals surface area contributed by atoms with Crippen molar-refractivity contribution in [2.45, 2.75) is 17.0 Å². The van der Waals surface area contributed by atoms with E-state index in [-0.39, 0.29) is 11.3 Å². The van der Waals surface area contributed by atoms with Crippen LogP contribution >= 0.6 is 23.3 Å². The molecule has 138 valence electrons. The number of nitro groups is 1. The number of hydrogen-bond donors (Lipinski definition) is 1. The van der Waals surface area contributed by atoms with Crippen LogP contribution in [0.2, 0.25) is 0 Å². The largest absolute Gasteiger partial charge is 0.497 e. The molecule has 1 amide bonds. The van der Waals surface area contributed by atoms with Gasteiger partial charge in [-0.25, -0.2) is 0 Å². The van der Waals surface area contributed by atoms with E-state index in [9.17, 15) is 14.9 Å². The lowest BCUT2D eigenvalue weighted by molar-refractivity contribution is -0.385. The number of nitrogens with zero attached hydrogens (tertiary/aromatic N) is 3. The van der Waals surface area contributed by atoms with Crippen molar-refractivity contribution in [3.63, 3.8) is 0 Å². The first-order chi connectivity index (χ1) is 13.0. The molecule has 1 aromatic heterocycles. The summed E-state index contributed by atoms with van der Waals surface area (Å²) in [6.45, 7) is 1.62. The quantitative estimate of drug-likeness (QED) is 0.487. The van der Waals surface area contributed by atoms with Crippen molar-refractivity contribution >= 4 is 40.0 Å². The second-order valence-corrected chi connectivity index (χ2v) is 7.16. The highest BCUT2D eigenvalue weighted by Gasteiger charge is 2.16. The average Bonchev–Trinajstić information content (AvgIpc) is 3.09. The van der Waals surface area contributed by atoms with Gasteiger partial charge >= 0.3 is 0 Å². The summed E-state index contributed by atoms with van der Waals surface area (Å²) in [6, 6.07) is 11.8. The molecule has 0 aliphatic rings. The lowest BCUT2D eigenvalue weighted by Crippen LogP contribution is -2.12. The molecule has 1 heterocycles. The van der Waals surface area contributed by atoms with E-state index in [1.54, 1.807) is 14.0 Å². The van der Waals surface area contributed by atoms with Crippen LogP contribution in [-0.4, -0.2) is 27.3 Å². The predicted molar refractivity (Wildman–Crippen MR) is 103 cm³/mol. The summed E-state index contributed by atoms with van der Waals surface area (Å²) >= 11 is 2.39. The summed E-state index contributed by atoms with van der Waals surface area (Å²) in [5, 5.41) is 14.4. The highest BCUT2D eigenvalue weighted by molar-refractivity contribution is 7.99. The van der Waals surface area contributed by atoms with E-state index in [0.29, 0.717) is 15.9 Å². The van der Waals surface area contributed by atoms with Crippen molar-refractivity contribution in [3.05, 3.63) is 63.7 Å². The standard InChI is InChI=1S/C17H14N4O4S2/c1-10-3-4-11(9-14(10)21(23)24)15(22)18-16-19-17(20-27-16)26-13-7-5-12(25-2)6-8-13/h3-9H,1-2H3,(H,18,19,20,22). The molecule has 0 aliphatic heterocycles. The lowest BCUT2D eigenvalue weighted by Gasteiger charge is -2.03. The third kappa shape index (κ3) is 4.60. The summed E-state index contributed by atoms with van der Waals surface area (Å²) in [5.74, 6) is 0.279. The maximum atomic E-state index is 12.3. The molecule has 0 fully saturated rings. The minimum Gasteiger partial charge on any atom is -0.497 e. The number of methoxy groups -OCH3 is 1. The van der Waals surface area contributed by atoms with Crippen LogP contribution in [0.1, 0.15) is 15.9 Å². The predicted octanol–water partition coefficient (Wildman–Crippen LogP) is 4.17. The Kier molecular flexibility index (Phi) is 5.67. The number of aryl methyl sites for hydroxylation is 1. The van der Waals surface area contributed by atoms with Gasteiger partial charge in [-0.3, -0.25) is 20.2 Å². The van der Waals surface area contributed by atoms with E-state index in [2.05, 4.69) is 14.7 Å². The molecule has 0 unspecified atom stereocenters. The SMILES string of the molecule is COc1ccc(Sc2nsc(NC(=O)c3ccc(C)c([N+](=O)[O-])c3)n2)cc1. The van der Waals surface area contributed by atoms with Crippen LogP contribution < -0.4 is 10.1 Å². The van der Waals surface area contributed by atoms with Crippen molar-refractivity contribution in [1.29, 1.82) is 0 Å². The maximum Gasteiger partial charge on any atom is 0.273 e. The van der Waals surface area contributed by atoms with Crippen LogP contribution in [0, 0.1) is 17.0 Å². The highest BCUT2D eigenvalue weighted by atomic mass is 32.2. The number of carbonyl (C=O) groups is 1. The molecular formula is C17H14N4O4S2. The molecule has 0 atom stereocenters. The fourth-order valence-corrected chi connectivity index (χ4v) is 3.58. The molecule has 1 N–H and O–H groups in total.